The van der Waals surface area contributed by atoms with Crippen LogP contribution in [0.25, 0.3) is 0 Å². The number of carbonyl (C=O) groups excluding carboxylic acids is 2. The summed E-state index contributed by atoms with van der Waals surface area (Å²) in [5.74, 6) is 0.320. The topological polar surface area (TPSA) is 66.4 Å². The van der Waals surface area contributed by atoms with Crippen LogP contribution in [0.3, 0.4) is 0 Å². The molecule has 1 aromatic carbocycles. The zero-order chi connectivity index (χ0) is 18.0. The fourth-order valence-corrected chi connectivity index (χ4v) is 3.02. The minimum Gasteiger partial charge on any atom is -0.325 e. The average Bonchev–Trinajstić information content (AvgIpc) is 2.63. The van der Waals surface area contributed by atoms with Crippen molar-refractivity contribution in [3.63, 3.8) is 0 Å². The highest BCUT2D eigenvalue weighted by atomic mass is 35.5. The SMILES string of the molecule is CCc1ncc(C(=O)N2CC(=O)N(c3cccc(Cl)c3)C[C@H]2C)cn1. The van der Waals surface area contributed by atoms with Gasteiger partial charge in [0.05, 0.1) is 5.56 Å². The Balaban J connectivity index is 1.77. The molecule has 6 nitrogen and oxygen atoms in total. The molecule has 2 heterocycles. The van der Waals surface area contributed by atoms with E-state index < -0.39 is 0 Å². The lowest BCUT2D eigenvalue weighted by atomic mass is 10.1. The summed E-state index contributed by atoms with van der Waals surface area (Å²) in [6.45, 7) is 4.30. The molecule has 0 aliphatic carbocycles. The molecule has 0 saturated carbocycles. The highest BCUT2D eigenvalue weighted by molar-refractivity contribution is 6.30. The second-order valence-corrected chi connectivity index (χ2v) is 6.44. The molecule has 2 amide bonds. The number of amides is 2. The Labute approximate surface area is 151 Å². The van der Waals surface area contributed by atoms with Crippen LogP contribution in [0.4, 0.5) is 5.69 Å². The first-order valence-electron chi connectivity index (χ1n) is 8.17. The number of hydrogen-bond donors (Lipinski definition) is 0. The monoisotopic (exact) mass is 358 g/mol. The fourth-order valence-electron chi connectivity index (χ4n) is 2.83. The average molecular weight is 359 g/mol. The molecule has 1 saturated heterocycles. The van der Waals surface area contributed by atoms with Gasteiger partial charge >= 0.3 is 0 Å². The lowest BCUT2D eigenvalue weighted by Gasteiger charge is -2.39. The van der Waals surface area contributed by atoms with Crippen LogP contribution >= 0.6 is 11.6 Å². The lowest BCUT2D eigenvalue weighted by molar-refractivity contribution is -0.121. The molecule has 1 aromatic heterocycles. The van der Waals surface area contributed by atoms with E-state index >= 15 is 0 Å². The zero-order valence-corrected chi connectivity index (χ0v) is 14.9. The fraction of sp³-hybridized carbons (Fsp3) is 0.333. The predicted octanol–water partition coefficient (Wildman–Crippen LogP) is 2.57. The maximum Gasteiger partial charge on any atom is 0.257 e. The molecule has 1 fully saturated rings. The molecule has 0 bridgehead atoms. The summed E-state index contributed by atoms with van der Waals surface area (Å²) in [6, 6.07) is 7.03. The second-order valence-electron chi connectivity index (χ2n) is 6.01. The molecule has 25 heavy (non-hydrogen) atoms. The van der Waals surface area contributed by atoms with Gasteiger partial charge in [-0.05, 0) is 25.1 Å². The van der Waals surface area contributed by atoms with Gasteiger partial charge < -0.3 is 9.80 Å². The Morgan fingerprint density at radius 3 is 2.68 bits per heavy atom. The minimum absolute atomic E-state index is 0.0159. The van der Waals surface area contributed by atoms with Crippen LogP contribution in [0, 0.1) is 0 Å². The molecular weight excluding hydrogens is 340 g/mol. The summed E-state index contributed by atoms with van der Waals surface area (Å²) < 4.78 is 0. The number of piperazine rings is 1. The summed E-state index contributed by atoms with van der Waals surface area (Å²) >= 11 is 6.02. The Hall–Kier alpha value is -2.47. The predicted molar refractivity (Wildman–Crippen MR) is 95.7 cm³/mol. The van der Waals surface area contributed by atoms with Crippen LogP contribution in [-0.2, 0) is 11.2 Å². The summed E-state index contributed by atoms with van der Waals surface area (Å²) in [7, 11) is 0. The van der Waals surface area contributed by atoms with Crippen molar-refractivity contribution in [2.24, 2.45) is 0 Å². The number of aryl methyl sites for hydroxylation is 1. The van der Waals surface area contributed by atoms with Crippen molar-refractivity contribution in [3.05, 3.63) is 53.1 Å². The number of benzene rings is 1. The lowest BCUT2D eigenvalue weighted by Crippen LogP contribution is -2.57. The number of aromatic nitrogens is 2. The van der Waals surface area contributed by atoms with Crippen molar-refractivity contribution in [3.8, 4) is 0 Å². The number of rotatable bonds is 3. The number of halogens is 1. The third-order valence-corrected chi connectivity index (χ3v) is 4.47. The van der Waals surface area contributed by atoms with Gasteiger partial charge in [-0.3, -0.25) is 9.59 Å². The first kappa shape index (κ1) is 17.4. The van der Waals surface area contributed by atoms with E-state index in [0.717, 1.165) is 5.69 Å². The standard InChI is InChI=1S/C18H19ClN4O2/c1-3-16-20-8-13(9-21-16)18(25)22-11-17(24)23(10-12(22)2)15-6-4-5-14(19)7-15/h4-9,12H,3,10-11H2,1-2H3/t12-/m1/s1. The summed E-state index contributed by atoms with van der Waals surface area (Å²) in [4.78, 5) is 36.8. The molecule has 2 aromatic rings. The molecule has 7 heteroatoms. The quantitative estimate of drug-likeness (QED) is 0.845. The molecule has 0 N–H and O–H groups in total. The van der Waals surface area contributed by atoms with Gasteiger partial charge in [0.25, 0.3) is 5.91 Å². The van der Waals surface area contributed by atoms with Gasteiger partial charge in [-0.25, -0.2) is 9.97 Å². The Morgan fingerprint density at radius 2 is 2.04 bits per heavy atom. The second kappa shape index (κ2) is 7.19. The van der Waals surface area contributed by atoms with Crippen LogP contribution in [0.1, 0.15) is 30.0 Å². The largest absolute Gasteiger partial charge is 0.325 e. The zero-order valence-electron chi connectivity index (χ0n) is 14.1. The van der Waals surface area contributed by atoms with Crippen molar-refractivity contribution in [1.82, 2.24) is 14.9 Å². The van der Waals surface area contributed by atoms with Gasteiger partial charge in [0.15, 0.2) is 0 Å². The molecule has 0 spiro atoms. The highest BCUT2D eigenvalue weighted by Crippen LogP contribution is 2.24. The van der Waals surface area contributed by atoms with Crippen molar-refractivity contribution in [2.45, 2.75) is 26.3 Å². The number of carbonyl (C=O) groups is 2. The first-order chi connectivity index (χ1) is 12.0. The van der Waals surface area contributed by atoms with Crippen molar-refractivity contribution >= 4 is 29.1 Å². The van der Waals surface area contributed by atoms with E-state index in [9.17, 15) is 9.59 Å². The maximum atomic E-state index is 12.7. The first-order valence-corrected chi connectivity index (χ1v) is 8.55. The Bertz CT molecular complexity index is 794. The van der Waals surface area contributed by atoms with Crippen LogP contribution < -0.4 is 4.90 Å². The normalized spacial score (nSPS) is 17.7. The molecule has 0 radical (unpaired) electrons. The van der Waals surface area contributed by atoms with Crippen LogP contribution in [0.15, 0.2) is 36.7 Å². The summed E-state index contributed by atoms with van der Waals surface area (Å²) in [6.07, 6.45) is 3.76. The molecule has 1 atom stereocenters. The van der Waals surface area contributed by atoms with Gasteiger partial charge in [-0.1, -0.05) is 24.6 Å². The van der Waals surface area contributed by atoms with Gasteiger partial charge in [-0.2, -0.15) is 0 Å². The molecule has 1 aliphatic heterocycles. The minimum atomic E-state index is -0.228. The van der Waals surface area contributed by atoms with E-state index in [0.29, 0.717) is 29.4 Å². The molecule has 1 aliphatic rings. The van der Waals surface area contributed by atoms with E-state index in [1.165, 1.54) is 12.4 Å². The number of nitrogens with zero attached hydrogens (tertiary/aromatic N) is 4. The molecule has 130 valence electrons. The van der Waals surface area contributed by atoms with Gasteiger partial charge in [0, 0.05) is 42.1 Å². The number of hydrogen-bond acceptors (Lipinski definition) is 4. The Morgan fingerprint density at radius 1 is 1.32 bits per heavy atom. The molecule has 3 rings (SSSR count). The summed E-state index contributed by atoms with van der Waals surface area (Å²) in [5, 5.41) is 0.574. The van der Waals surface area contributed by atoms with E-state index in [1.807, 2.05) is 19.9 Å². The maximum absolute atomic E-state index is 12.7. The third-order valence-electron chi connectivity index (χ3n) is 4.23. The van der Waals surface area contributed by atoms with Crippen LogP contribution in [-0.4, -0.2) is 45.8 Å². The molecular formula is C18H19ClN4O2. The van der Waals surface area contributed by atoms with Crippen LogP contribution in [0.5, 0.6) is 0 Å². The van der Waals surface area contributed by atoms with Gasteiger partial charge in [-0.15, -0.1) is 0 Å². The third kappa shape index (κ3) is 3.64. The van der Waals surface area contributed by atoms with E-state index in [4.69, 9.17) is 11.6 Å². The smallest absolute Gasteiger partial charge is 0.257 e. The van der Waals surface area contributed by atoms with E-state index in [-0.39, 0.29) is 24.4 Å². The highest BCUT2D eigenvalue weighted by Gasteiger charge is 2.33. The van der Waals surface area contributed by atoms with Crippen molar-refractivity contribution < 1.29 is 9.59 Å². The van der Waals surface area contributed by atoms with Crippen molar-refractivity contribution in [1.29, 1.82) is 0 Å². The van der Waals surface area contributed by atoms with Gasteiger partial charge in [0.2, 0.25) is 5.91 Å². The summed E-state index contributed by atoms with van der Waals surface area (Å²) in [5.41, 5.74) is 1.14. The molecule has 0 unspecified atom stereocenters. The Kier molecular flexibility index (Phi) is 4.99. The van der Waals surface area contributed by atoms with Gasteiger partial charge in [0.1, 0.15) is 12.4 Å². The number of anilines is 1. The van der Waals surface area contributed by atoms with Crippen LogP contribution in [0.2, 0.25) is 5.02 Å². The van der Waals surface area contributed by atoms with Crippen molar-refractivity contribution in [2.75, 3.05) is 18.0 Å². The van der Waals surface area contributed by atoms with E-state index in [1.54, 1.807) is 28.0 Å². The van der Waals surface area contributed by atoms with E-state index in [2.05, 4.69) is 9.97 Å².